The van der Waals surface area contributed by atoms with Crippen LogP contribution in [0.5, 0.6) is 0 Å². The van der Waals surface area contributed by atoms with Gasteiger partial charge < -0.3 is 10.6 Å². The van der Waals surface area contributed by atoms with Gasteiger partial charge >= 0.3 is 6.18 Å². The second-order valence-corrected chi connectivity index (χ2v) is 6.81. The Balaban J connectivity index is 3.03. The summed E-state index contributed by atoms with van der Waals surface area (Å²) in [5, 5.41) is 5.31. The SMILES string of the molecule is CCNc1cc(NC(C)CS(C)(=O)=O)nc(C(F)(F)F)n1. The number of anilines is 2. The molecule has 6 nitrogen and oxygen atoms in total. The molecule has 1 aromatic rings. The average molecular weight is 326 g/mol. The number of hydrogen-bond donors (Lipinski definition) is 2. The van der Waals surface area contributed by atoms with Crippen molar-refractivity contribution in [1.82, 2.24) is 9.97 Å². The van der Waals surface area contributed by atoms with Crippen LogP contribution in [0.15, 0.2) is 6.07 Å². The van der Waals surface area contributed by atoms with Gasteiger partial charge in [-0.25, -0.2) is 18.4 Å². The fraction of sp³-hybridized carbons (Fsp3) is 0.636. The first-order valence-corrected chi connectivity index (χ1v) is 8.21. The molecule has 0 bridgehead atoms. The predicted molar refractivity (Wildman–Crippen MR) is 74.0 cm³/mol. The van der Waals surface area contributed by atoms with Crippen LogP contribution in [0.3, 0.4) is 0 Å². The van der Waals surface area contributed by atoms with E-state index in [-0.39, 0.29) is 17.4 Å². The average Bonchev–Trinajstić information content (AvgIpc) is 2.24. The zero-order chi connectivity index (χ0) is 16.3. The normalized spacial score (nSPS) is 13.8. The van der Waals surface area contributed by atoms with Crippen molar-refractivity contribution in [2.75, 3.05) is 29.2 Å². The number of sulfone groups is 1. The second-order valence-electron chi connectivity index (χ2n) is 4.63. The first-order chi connectivity index (χ1) is 9.51. The van der Waals surface area contributed by atoms with Gasteiger partial charge in [-0.15, -0.1) is 0 Å². The van der Waals surface area contributed by atoms with E-state index in [1.807, 2.05) is 0 Å². The Labute approximate surface area is 121 Å². The Morgan fingerprint density at radius 2 is 1.86 bits per heavy atom. The second kappa shape index (κ2) is 6.46. The molecule has 21 heavy (non-hydrogen) atoms. The Hall–Kier alpha value is -1.58. The zero-order valence-corrected chi connectivity index (χ0v) is 12.6. The molecule has 0 spiro atoms. The molecule has 1 rings (SSSR count). The number of nitrogens with one attached hydrogen (secondary N) is 2. The third kappa shape index (κ3) is 6.15. The largest absolute Gasteiger partial charge is 0.451 e. The molecule has 1 aromatic heterocycles. The fourth-order valence-electron chi connectivity index (χ4n) is 1.67. The summed E-state index contributed by atoms with van der Waals surface area (Å²) in [5.74, 6) is -1.55. The van der Waals surface area contributed by atoms with E-state index in [1.54, 1.807) is 13.8 Å². The van der Waals surface area contributed by atoms with Crippen molar-refractivity contribution >= 4 is 21.5 Å². The highest BCUT2D eigenvalue weighted by Crippen LogP contribution is 2.28. The van der Waals surface area contributed by atoms with Crippen molar-refractivity contribution in [1.29, 1.82) is 0 Å². The van der Waals surface area contributed by atoms with Crippen LogP contribution < -0.4 is 10.6 Å². The lowest BCUT2D eigenvalue weighted by Gasteiger charge is -2.16. The summed E-state index contributed by atoms with van der Waals surface area (Å²) in [4.78, 5) is 6.75. The van der Waals surface area contributed by atoms with Gasteiger partial charge in [-0.2, -0.15) is 13.2 Å². The van der Waals surface area contributed by atoms with Gasteiger partial charge in [-0.3, -0.25) is 0 Å². The van der Waals surface area contributed by atoms with E-state index in [0.29, 0.717) is 6.54 Å². The molecule has 2 N–H and O–H groups in total. The van der Waals surface area contributed by atoms with E-state index in [0.717, 1.165) is 6.26 Å². The van der Waals surface area contributed by atoms with E-state index in [4.69, 9.17) is 0 Å². The Morgan fingerprint density at radius 3 is 2.33 bits per heavy atom. The van der Waals surface area contributed by atoms with E-state index in [1.165, 1.54) is 6.07 Å². The fourth-order valence-corrected chi connectivity index (χ4v) is 2.66. The van der Waals surface area contributed by atoms with Crippen molar-refractivity contribution < 1.29 is 21.6 Å². The molecule has 1 heterocycles. The van der Waals surface area contributed by atoms with Crippen LogP contribution in [0.25, 0.3) is 0 Å². The van der Waals surface area contributed by atoms with Gasteiger partial charge in [-0.05, 0) is 13.8 Å². The summed E-state index contributed by atoms with van der Waals surface area (Å²) in [5.41, 5.74) is 0. The molecular formula is C11H17F3N4O2S. The summed E-state index contributed by atoms with van der Waals surface area (Å²) < 4.78 is 60.5. The summed E-state index contributed by atoms with van der Waals surface area (Å²) >= 11 is 0. The number of rotatable bonds is 6. The number of aromatic nitrogens is 2. The van der Waals surface area contributed by atoms with Gasteiger partial charge in [0.25, 0.3) is 0 Å². The van der Waals surface area contributed by atoms with Gasteiger partial charge in [0.2, 0.25) is 5.82 Å². The molecule has 1 atom stereocenters. The molecule has 0 aliphatic rings. The van der Waals surface area contributed by atoms with Gasteiger partial charge in [0.15, 0.2) is 0 Å². The minimum Gasteiger partial charge on any atom is -0.370 e. The highest BCUT2D eigenvalue weighted by atomic mass is 32.2. The molecular weight excluding hydrogens is 309 g/mol. The highest BCUT2D eigenvalue weighted by Gasteiger charge is 2.35. The lowest BCUT2D eigenvalue weighted by Crippen LogP contribution is -2.26. The van der Waals surface area contributed by atoms with Gasteiger partial charge in [-0.1, -0.05) is 0 Å². The smallest absolute Gasteiger partial charge is 0.370 e. The van der Waals surface area contributed by atoms with E-state index in [2.05, 4.69) is 20.6 Å². The topological polar surface area (TPSA) is 84.0 Å². The number of nitrogens with zero attached hydrogens (tertiary/aromatic N) is 2. The maximum Gasteiger partial charge on any atom is 0.451 e. The third-order valence-corrected chi connectivity index (χ3v) is 3.39. The van der Waals surface area contributed by atoms with Crippen molar-refractivity contribution in [3.05, 3.63) is 11.9 Å². The first-order valence-electron chi connectivity index (χ1n) is 6.15. The molecule has 0 aromatic carbocycles. The summed E-state index contributed by atoms with van der Waals surface area (Å²) in [7, 11) is -3.25. The van der Waals surface area contributed by atoms with Gasteiger partial charge in [0, 0.05) is 24.9 Å². The quantitative estimate of drug-likeness (QED) is 0.829. The molecule has 0 saturated heterocycles. The van der Waals surface area contributed by atoms with Gasteiger partial charge in [0.05, 0.1) is 5.75 Å². The minimum absolute atomic E-state index is 0.0221. The standard InChI is InChI=1S/C11H17F3N4O2S/c1-4-15-8-5-9(16-7(2)6-21(3,19)20)18-10(17-8)11(12,13)14/h5,7H,4,6H2,1-3H3,(H2,15,16,17,18). The number of hydrogen-bond acceptors (Lipinski definition) is 6. The lowest BCUT2D eigenvalue weighted by atomic mass is 10.3. The monoisotopic (exact) mass is 326 g/mol. The molecule has 1 unspecified atom stereocenters. The number of alkyl halides is 3. The van der Waals surface area contributed by atoms with Crippen molar-refractivity contribution in [3.8, 4) is 0 Å². The molecule has 0 aliphatic heterocycles. The van der Waals surface area contributed by atoms with Gasteiger partial charge in [0.1, 0.15) is 21.5 Å². The van der Waals surface area contributed by atoms with Crippen molar-refractivity contribution in [3.63, 3.8) is 0 Å². The van der Waals surface area contributed by atoms with E-state index >= 15 is 0 Å². The van der Waals surface area contributed by atoms with Crippen molar-refractivity contribution in [2.45, 2.75) is 26.1 Å². The Morgan fingerprint density at radius 1 is 1.29 bits per heavy atom. The summed E-state index contributed by atoms with van der Waals surface area (Å²) in [6.07, 6.45) is -3.63. The summed E-state index contributed by atoms with van der Waals surface area (Å²) in [6.45, 7) is 3.66. The molecule has 0 fully saturated rings. The molecule has 0 aliphatic carbocycles. The van der Waals surface area contributed by atoms with E-state index < -0.39 is 27.9 Å². The van der Waals surface area contributed by atoms with E-state index in [9.17, 15) is 21.6 Å². The maximum atomic E-state index is 12.7. The van der Waals surface area contributed by atoms with Crippen LogP contribution >= 0.6 is 0 Å². The maximum absolute atomic E-state index is 12.7. The molecule has 120 valence electrons. The van der Waals surface area contributed by atoms with Crippen LogP contribution in [0.1, 0.15) is 19.7 Å². The zero-order valence-electron chi connectivity index (χ0n) is 11.8. The Kier molecular flexibility index (Phi) is 5.37. The van der Waals surface area contributed by atoms with Crippen LogP contribution in [0.2, 0.25) is 0 Å². The van der Waals surface area contributed by atoms with Crippen LogP contribution in [0.4, 0.5) is 24.8 Å². The van der Waals surface area contributed by atoms with Crippen LogP contribution in [-0.2, 0) is 16.0 Å². The third-order valence-electron chi connectivity index (χ3n) is 2.28. The lowest BCUT2D eigenvalue weighted by molar-refractivity contribution is -0.144. The van der Waals surface area contributed by atoms with Crippen LogP contribution in [0, 0.1) is 0 Å². The Bertz CT molecular complexity index is 590. The van der Waals surface area contributed by atoms with Crippen LogP contribution in [-0.4, -0.2) is 43.0 Å². The minimum atomic E-state index is -4.68. The number of halogens is 3. The first kappa shape index (κ1) is 17.5. The molecule has 0 saturated carbocycles. The molecule has 10 heteroatoms. The molecule has 0 radical (unpaired) electrons. The molecule has 0 amide bonds. The summed E-state index contributed by atoms with van der Waals surface area (Å²) in [6, 6.07) is 0.725. The predicted octanol–water partition coefficient (Wildman–Crippen LogP) is 1.77. The van der Waals surface area contributed by atoms with Crippen molar-refractivity contribution in [2.24, 2.45) is 0 Å². The highest BCUT2D eigenvalue weighted by molar-refractivity contribution is 7.90.